The molecular formula is C19H21N3O4S. The highest BCUT2D eigenvalue weighted by atomic mass is 32.2. The van der Waals surface area contributed by atoms with Crippen molar-refractivity contribution in [3.8, 4) is 0 Å². The summed E-state index contributed by atoms with van der Waals surface area (Å²) < 4.78 is 25.7. The fourth-order valence-corrected chi connectivity index (χ4v) is 3.65. The Bertz CT molecular complexity index is 955. The Hall–Kier alpha value is -2.71. The second-order valence-electron chi connectivity index (χ2n) is 6.23. The monoisotopic (exact) mass is 387 g/mol. The van der Waals surface area contributed by atoms with Gasteiger partial charge in [0.1, 0.15) is 0 Å². The molecule has 1 heterocycles. The number of anilines is 1. The number of hydrogen-bond acceptors (Lipinski definition) is 4. The minimum Gasteiger partial charge on any atom is -0.348 e. The van der Waals surface area contributed by atoms with Crippen LogP contribution in [0.25, 0.3) is 0 Å². The maximum Gasteiger partial charge on any atom is 0.251 e. The molecule has 0 spiro atoms. The quantitative estimate of drug-likeness (QED) is 0.788. The van der Waals surface area contributed by atoms with Crippen LogP contribution in [-0.2, 0) is 21.4 Å². The molecule has 2 N–H and O–H groups in total. The third-order valence-corrected chi connectivity index (χ3v) is 5.88. The summed E-state index contributed by atoms with van der Waals surface area (Å²) in [6.45, 7) is 0.942. The van der Waals surface area contributed by atoms with E-state index in [9.17, 15) is 18.0 Å². The predicted molar refractivity (Wildman–Crippen MR) is 102 cm³/mol. The van der Waals surface area contributed by atoms with Crippen molar-refractivity contribution in [1.29, 1.82) is 0 Å². The van der Waals surface area contributed by atoms with E-state index in [0.29, 0.717) is 18.5 Å². The largest absolute Gasteiger partial charge is 0.348 e. The predicted octanol–water partition coefficient (Wildman–Crippen LogP) is 1.65. The summed E-state index contributed by atoms with van der Waals surface area (Å²) in [5.41, 5.74) is 1.98. The summed E-state index contributed by atoms with van der Waals surface area (Å²) in [5, 5.41) is 2.81. The van der Waals surface area contributed by atoms with Gasteiger partial charge in [-0.3, -0.25) is 9.59 Å². The average Bonchev–Trinajstić information content (AvgIpc) is 3.12. The van der Waals surface area contributed by atoms with E-state index >= 15 is 0 Å². The molecule has 0 atom stereocenters. The maximum atomic E-state index is 12.4. The Morgan fingerprint density at radius 2 is 1.89 bits per heavy atom. The number of carbonyl (C=O) groups excluding carboxylic acids is 2. The van der Waals surface area contributed by atoms with Crippen LogP contribution in [-0.4, -0.2) is 33.8 Å². The lowest BCUT2D eigenvalue weighted by atomic mass is 10.1. The fraction of sp³-hybridized carbons (Fsp3) is 0.263. The molecule has 8 heteroatoms. The first kappa shape index (κ1) is 19.1. The first-order chi connectivity index (χ1) is 12.9. The molecule has 2 aromatic rings. The Morgan fingerprint density at radius 1 is 1.15 bits per heavy atom. The topological polar surface area (TPSA) is 95.6 Å². The van der Waals surface area contributed by atoms with Gasteiger partial charge in [-0.2, -0.15) is 0 Å². The second kappa shape index (κ2) is 7.89. The summed E-state index contributed by atoms with van der Waals surface area (Å²) >= 11 is 0. The van der Waals surface area contributed by atoms with E-state index in [4.69, 9.17) is 0 Å². The summed E-state index contributed by atoms with van der Waals surface area (Å²) in [6, 6.07) is 13.3. The first-order valence-corrected chi connectivity index (χ1v) is 10.1. The van der Waals surface area contributed by atoms with E-state index in [-0.39, 0.29) is 23.3 Å². The molecule has 3 rings (SSSR count). The van der Waals surface area contributed by atoms with Crippen LogP contribution >= 0.6 is 0 Å². The van der Waals surface area contributed by atoms with Crippen LogP contribution in [0.2, 0.25) is 0 Å². The lowest BCUT2D eigenvalue weighted by Gasteiger charge is -2.16. The second-order valence-corrected chi connectivity index (χ2v) is 8.12. The van der Waals surface area contributed by atoms with Crippen molar-refractivity contribution in [3.63, 3.8) is 0 Å². The van der Waals surface area contributed by atoms with Crippen LogP contribution < -0.4 is 14.9 Å². The highest BCUT2D eigenvalue weighted by molar-refractivity contribution is 7.89. The number of amides is 2. The molecule has 1 saturated heterocycles. The van der Waals surface area contributed by atoms with Crippen molar-refractivity contribution in [2.75, 3.05) is 18.5 Å². The zero-order valence-corrected chi connectivity index (χ0v) is 15.8. The van der Waals surface area contributed by atoms with Crippen molar-refractivity contribution < 1.29 is 18.0 Å². The van der Waals surface area contributed by atoms with Crippen molar-refractivity contribution in [1.82, 2.24) is 10.0 Å². The number of rotatable bonds is 6. The van der Waals surface area contributed by atoms with E-state index in [1.54, 1.807) is 35.2 Å². The van der Waals surface area contributed by atoms with E-state index in [1.165, 1.54) is 19.2 Å². The van der Waals surface area contributed by atoms with Gasteiger partial charge in [0.2, 0.25) is 15.9 Å². The minimum atomic E-state index is -3.48. The van der Waals surface area contributed by atoms with Crippen LogP contribution in [0.3, 0.4) is 0 Å². The molecule has 0 aliphatic carbocycles. The molecule has 2 aromatic carbocycles. The lowest BCUT2D eigenvalue weighted by Crippen LogP contribution is -2.25. The van der Waals surface area contributed by atoms with Gasteiger partial charge in [0, 0.05) is 30.8 Å². The van der Waals surface area contributed by atoms with Crippen LogP contribution in [0.1, 0.15) is 28.8 Å². The normalized spacial score (nSPS) is 14.4. The van der Waals surface area contributed by atoms with Gasteiger partial charge in [-0.1, -0.05) is 18.2 Å². The van der Waals surface area contributed by atoms with Crippen molar-refractivity contribution in [2.24, 2.45) is 0 Å². The molecule has 0 unspecified atom stereocenters. The van der Waals surface area contributed by atoms with Gasteiger partial charge in [-0.05, 0) is 49.4 Å². The number of sulfonamides is 1. The Labute approximate surface area is 158 Å². The molecule has 0 bridgehead atoms. The van der Waals surface area contributed by atoms with Gasteiger partial charge in [0.15, 0.2) is 0 Å². The van der Waals surface area contributed by atoms with Gasteiger partial charge >= 0.3 is 0 Å². The summed E-state index contributed by atoms with van der Waals surface area (Å²) in [5.74, 6) is -0.181. The zero-order chi connectivity index (χ0) is 19.4. The van der Waals surface area contributed by atoms with Crippen LogP contribution in [0.4, 0.5) is 5.69 Å². The van der Waals surface area contributed by atoms with E-state index < -0.39 is 10.0 Å². The minimum absolute atomic E-state index is 0.0733. The fourth-order valence-electron chi connectivity index (χ4n) is 2.92. The van der Waals surface area contributed by atoms with E-state index in [0.717, 1.165) is 17.7 Å². The van der Waals surface area contributed by atoms with Gasteiger partial charge in [-0.15, -0.1) is 0 Å². The van der Waals surface area contributed by atoms with Gasteiger partial charge in [0.05, 0.1) is 4.90 Å². The number of nitrogens with one attached hydrogen (secondary N) is 2. The molecule has 142 valence electrons. The molecule has 1 aliphatic heterocycles. The van der Waals surface area contributed by atoms with E-state index in [2.05, 4.69) is 10.0 Å². The average molecular weight is 387 g/mol. The van der Waals surface area contributed by atoms with Crippen molar-refractivity contribution in [3.05, 3.63) is 59.7 Å². The van der Waals surface area contributed by atoms with E-state index in [1.807, 2.05) is 6.07 Å². The molecule has 0 aromatic heterocycles. The summed E-state index contributed by atoms with van der Waals surface area (Å²) in [7, 11) is -2.12. The molecule has 7 nitrogen and oxygen atoms in total. The smallest absolute Gasteiger partial charge is 0.251 e. The SMILES string of the molecule is CNS(=O)(=O)c1ccc(CNC(=O)c2cccc(N3CCCC3=O)c2)cc1. The third kappa shape index (κ3) is 4.35. The first-order valence-electron chi connectivity index (χ1n) is 8.62. The zero-order valence-electron chi connectivity index (χ0n) is 14.9. The van der Waals surface area contributed by atoms with Crippen LogP contribution in [0.5, 0.6) is 0 Å². The van der Waals surface area contributed by atoms with Crippen LogP contribution in [0.15, 0.2) is 53.4 Å². The summed E-state index contributed by atoms with van der Waals surface area (Å²) in [4.78, 5) is 26.1. The Kier molecular flexibility index (Phi) is 5.57. The Balaban J connectivity index is 1.65. The highest BCUT2D eigenvalue weighted by Crippen LogP contribution is 2.22. The van der Waals surface area contributed by atoms with Gasteiger partial charge in [-0.25, -0.2) is 13.1 Å². The lowest BCUT2D eigenvalue weighted by molar-refractivity contribution is -0.117. The standard InChI is InChI=1S/C19H21N3O4S/c1-20-27(25,26)17-9-7-14(8-10-17)13-21-19(24)15-4-2-5-16(12-15)22-11-3-6-18(22)23/h2,4-5,7-10,12,20H,3,6,11,13H2,1H3,(H,21,24). The van der Waals surface area contributed by atoms with Crippen LogP contribution in [0, 0.1) is 0 Å². The summed E-state index contributed by atoms with van der Waals surface area (Å²) in [6.07, 6.45) is 1.37. The van der Waals surface area contributed by atoms with Crippen molar-refractivity contribution >= 4 is 27.5 Å². The molecule has 27 heavy (non-hydrogen) atoms. The number of hydrogen-bond donors (Lipinski definition) is 2. The molecular weight excluding hydrogens is 366 g/mol. The number of benzene rings is 2. The molecule has 1 aliphatic rings. The number of carbonyl (C=O) groups is 2. The number of nitrogens with zero attached hydrogens (tertiary/aromatic N) is 1. The van der Waals surface area contributed by atoms with Gasteiger partial charge in [0.25, 0.3) is 5.91 Å². The highest BCUT2D eigenvalue weighted by Gasteiger charge is 2.22. The molecule has 2 amide bonds. The molecule has 1 fully saturated rings. The van der Waals surface area contributed by atoms with Crippen molar-refractivity contribution in [2.45, 2.75) is 24.3 Å². The third-order valence-electron chi connectivity index (χ3n) is 4.45. The maximum absolute atomic E-state index is 12.4. The Morgan fingerprint density at radius 3 is 2.52 bits per heavy atom. The molecule has 0 saturated carbocycles. The molecule has 0 radical (unpaired) electrons. The van der Waals surface area contributed by atoms with Gasteiger partial charge < -0.3 is 10.2 Å².